The van der Waals surface area contributed by atoms with E-state index in [-0.39, 0.29) is 0 Å². The topological polar surface area (TPSA) is 25.8 Å². The van der Waals surface area contributed by atoms with E-state index in [4.69, 9.17) is 9.97 Å². The molecule has 0 aliphatic rings. The van der Waals surface area contributed by atoms with Crippen LogP contribution in [0.2, 0.25) is 0 Å². The largest absolute Gasteiger partial charge is 0.228 e. The van der Waals surface area contributed by atoms with Crippen LogP contribution in [0.15, 0.2) is 206 Å². The second-order valence-electron chi connectivity index (χ2n) is 13.7. The Morgan fingerprint density at radius 2 is 0.648 bits per heavy atom. The van der Waals surface area contributed by atoms with Gasteiger partial charge in [0.15, 0.2) is 5.82 Å². The van der Waals surface area contributed by atoms with Gasteiger partial charge in [0, 0.05) is 22.3 Å². The molecule has 2 heteroatoms. The number of aromatic nitrogens is 2. The van der Waals surface area contributed by atoms with Crippen LogP contribution in [0.25, 0.3) is 99.6 Å². The molecule has 0 atom stereocenters. The Hall–Kier alpha value is -7.16. The van der Waals surface area contributed by atoms with Crippen LogP contribution in [-0.2, 0) is 0 Å². The highest BCUT2D eigenvalue weighted by Gasteiger charge is 2.23. The third kappa shape index (κ3) is 5.44. The van der Waals surface area contributed by atoms with Gasteiger partial charge in [-0.05, 0) is 66.2 Å². The van der Waals surface area contributed by atoms with Gasteiger partial charge in [-0.1, -0.05) is 200 Å². The van der Waals surface area contributed by atoms with Gasteiger partial charge in [-0.3, -0.25) is 0 Å². The standard InChI is InChI=1S/C52H34N2/c1-4-18-35(19-5-1)38-24-10-11-25-39(38)44-31-17-33-47(52-53-48(36-20-6-2-7-21-36)34-49(54-52)37-22-8-3-9-23-37)51(44)46-32-16-30-45-42-27-13-12-26-40(42)41-28-14-15-29-43(41)50(45)46/h1-34H. The van der Waals surface area contributed by atoms with E-state index in [2.05, 4.69) is 194 Å². The van der Waals surface area contributed by atoms with Gasteiger partial charge in [0.1, 0.15) is 0 Å². The van der Waals surface area contributed by atoms with Gasteiger partial charge in [-0.2, -0.15) is 0 Å². The molecule has 0 amide bonds. The Morgan fingerprint density at radius 1 is 0.259 bits per heavy atom. The highest BCUT2D eigenvalue weighted by molar-refractivity contribution is 6.29. The molecule has 1 aromatic heterocycles. The van der Waals surface area contributed by atoms with Crippen LogP contribution in [0, 0.1) is 0 Å². The summed E-state index contributed by atoms with van der Waals surface area (Å²) in [7, 11) is 0. The fourth-order valence-electron chi connectivity index (χ4n) is 8.09. The van der Waals surface area contributed by atoms with E-state index in [0.717, 1.165) is 50.3 Å². The van der Waals surface area contributed by atoms with Crippen molar-refractivity contribution in [2.45, 2.75) is 0 Å². The number of benzene rings is 9. The van der Waals surface area contributed by atoms with Gasteiger partial charge >= 0.3 is 0 Å². The van der Waals surface area contributed by atoms with E-state index >= 15 is 0 Å². The Kier molecular flexibility index (Phi) is 7.85. The minimum atomic E-state index is 0.686. The molecule has 0 unspecified atom stereocenters. The van der Waals surface area contributed by atoms with Gasteiger partial charge < -0.3 is 0 Å². The van der Waals surface area contributed by atoms with Gasteiger partial charge in [0.05, 0.1) is 11.4 Å². The smallest absolute Gasteiger partial charge is 0.161 e. The van der Waals surface area contributed by atoms with Crippen molar-refractivity contribution in [3.63, 3.8) is 0 Å². The van der Waals surface area contributed by atoms with Crippen LogP contribution < -0.4 is 0 Å². The van der Waals surface area contributed by atoms with Gasteiger partial charge in [0.2, 0.25) is 0 Å². The van der Waals surface area contributed by atoms with Crippen LogP contribution in [-0.4, -0.2) is 9.97 Å². The summed E-state index contributed by atoms with van der Waals surface area (Å²) in [4.78, 5) is 10.8. The summed E-state index contributed by atoms with van der Waals surface area (Å²) in [6.45, 7) is 0. The van der Waals surface area contributed by atoms with E-state index in [1.165, 1.54) is 43.4 Å². The van der Waals surface area contributed by atoms with Crippen molar-refractivity contribution in [3.05, 3.63) is 206 Å². The first-order valence-electron chi connectivity index (χ1n) is 18.4. The minimum Gasteiger partial charge on any atom is -0.228 e. The Labute approximate surface area is 314 Å². The van der Waals surface area contributed by atoms with Crippen LogP contribution in [0.4, 0.5) is 0 Å². The number of fused-ring (bicyclic) bond motifs is 6. The van der Waals surface area contributed by atoms with Crippen LogP contribution in [0.3, 0.4) is 0 Å². The summed E-state index contributed by atoms with van der Waals surface area (Å²) < 4.78 is 0. The van der Waals surface area contributed by atoms with E-state index in [1.807, 2.05) is 12.1 Å². The molecule has 0 saturated heterocycles. The molecule has 2 nitrogen and oxygen atoms in total. The summed E-state index contributed by atoms with van der Waals surface area (Å²) >= 11 is 0. The highest BCUT2D eigenvalue weighted by atomic mass is 14.9. The first-order chi connectivity index (χ1) is 26.8. The average Bonchev–Trinajstić information content (AvgIpc) is 3.27. The van der Waals surface area contributed by atoms with E-state index < -0.39 is 0 Å². The molecule has 0 fully saturated rings. The molecule has 0 spiro atoms. The van der Waals surface area contributed by atoms with Crippen molar-refractivity contribution in [1.82, 2.24) is 9.97 Å². The maximum absolute atomic E-state index is 5.38. The van der Waals surface area contributed by atoms with Gasteiger partial charge in [-0.15, -0.1) is 0 Å². The molecule has 54 heavy (non-hydrogen) atoms. The second-order valence-corrected chi connectivity index (χ2v) is 13.7. The lowest BCUT2D eigenvalue weighted by Crippen LogP contribution is -1.99. The minimum absolute atomic E-state index is 0.686. The average molecular weight is 687 g/mol. The molecule has 0 bridgehead atoms. The number of rotatable bonds is 6. The van der Waals surface area contributed by atoms with Crippen molar-refractivity contribution < 1.29 is 0 Å². The molecule has 9 aromatic carbocycles. The van der Waals surface area contributed by atoms with Gasteiger partial charge in [0.25, 0.3) is 0 Å². The molecule has 10 aromatic rings. The van der Waals surface area contributed by atoms with E-state index in [1.54, 1.807) is 0 Å². The van der Waals surface area contributed by atoms with Crippen molar-refractivity contribution in [2.24, 2.45) is 0 Å². The maximum Gasteiger partial charge on any atom is 0.161 e. The predicted octanol–water partition coefficient (Wildman–Crippen LogP) is 13.9. The second kappa shape index (κ2) is 13.4. The molecule has 0 radical (unpaired) electrons. The van der Waals surface area contributed by atoms with Crippen LogP contribution in [0.1, 0.15) is 0 Å². The molecule has 0 aliphatic heterocycles. The first-order valence-corrected chi connectivity index (χ1v) is 18.4. The summed E-state index contributed by atoms with van der Waals surface area (Å²) in [6.07, 6.45) is 0. The summed E-state index contributed by atoms with van der Waals surface area (Å²) in [5, 5.41) is 7.41. The molecule has 0 saturated carbocycles. The Bertz CT molecular complexity index is 2870. The quantitative estimate of drug-likeness (QED) is 0.163. The number of hydrogen-bond acceptors (Lipinski definition) is 2. The lowest BCUT2D eigenvalue weighted by atomic mass is 9.83. The lowest BCUT2D eigenvalue weighted by Gasteiger charge is -2.21. The monoisotopic (exact) mass is 686 g/mol. The zero-order chi connectivity index (χ0) is 35.8. The van der Waals surface area contributed by atoms with Crippen molar-refractivity contribution in [3.8, 4) is 67.3 Å². The fourth-order valence-corrected chi connectivity index (χ4v) is 8.09. The third-order valence-electron chi connectivity index (χ3n) is 10.5. The van der Waals surface area contributed by atoms with Crippen molar-refractivity contribution in [1.29, 1.82) is 0 Å². The first kappa shape index (κ1) is 31.6. The number of hydrogen-bond donors (Lipinski definition) is 0. The lowest BCUT2D eigenvalue weighted by molar-refractivity contribution is 1.18. The summed E-state index contributed by atoms with van der Waals surface area (Å²) in [5.74, 6) is 0.686. The SMILES string of the molecule is c1ccc(-c2cc(-c3ccccc3)nc(-c3cccc(-c4ccccc4-c4ccccc4)c3-c3cccc4c5ccccc5c5ccccc5c34)n2)cc1. The zero-order valence-corrected chi connectivity index (χ0v) is 29.5. The molecular formula is C52H34N2. The van der Waals surface area contributed by atoms with Crippen molar-refractivity contribution in [2.75, 3.05) is 0 Å². The van der Waals surface area contributed by atoms with Gasteiger partial charge in [-0.25, -0.2) is 9.97 Å². The van der Waals surface area contributed by atoms with E-state index in [0.29, 0.717) is 5.82 Å². The molecule has 0 aliphatic carbocycles. The Balaban J connectivity index is 1.35. The normalized spacial score (nSPS) is 11.3. The summed E-state index contributed by atoms with van der Waals surface area (Å²) in [5.41, 5.74) is 11.7. The van der Waals surface area contributed by atoms with E-state index in [9.17, 15) is 0 Å². The molecule has 10 rings (SSSR count). The number of nitrogens with zero attached hydrogens (tertiary/aromatic N) is 2. The van der Waals surface area contributed by atoms with Crippen LogP contribution in [0.5, 0.6) is 0 Å². The third-order valence-corrected chi connectivity index (χ3v) is 10.5. The maximum atomic E-state index is 5.38. The Morgan fingerprint density at radius 3 is 1.24 bits per heavy atom. The molecule has 1 heterocycles. The highest BCUT2D eigenvalue weighted by Crippen LogP contribution is 2.47. The molecule has 0 N–H and O–H groups in total. The van der Waals surface area contributed by atoms with Crippen LogP contribution >= 0.6 is 0 Å². The molecular weight excluding hydrogens is 653 g/mol. The van der Waals surface area contributed by atoms with Crippen molar-refractivity contribution >= 4 is 32.3 Å². The fraction of sp³-hybridized carbons (Fsp3) is 0. The molecule has 252 valence electrons. The summed E-state index contributed by atoms with van der Waals surface area (Å²) in [6, 6.07) is 73.4. The predicted molar refractivity (Wildman–Crippen MR) is 227 cm³/mol. The zero-order valence-electron chi connectivity index (χ0n) is 29.5.